The topological polar surface area (TPSA) is 23.5 Å². The smallest absolute Gasteiger partial charge is 0.0888 e. The Labute approximate surface area is 74.9 Å². The first-order chi connectivity index (χ1) is 5.68. The van der Waals surface area contributed by atoms with Gasteiger partial charge in [-0.3, -0.25) is 0 Å². The van der Waals surface area contributed by atoms with Crippen LogP contribution in [0.2, 0.25) is 0 Å². The van der Waals surface area contributed by atoms with E-state index < -0.39 is 0 Å². The first-order valence-corrected chi connectivity index (χ1v) is 4.44. The Bertz CT molecular complexity index is 163. The van der Waals surface area contributed by atoms with Gasteiger partial charge in [0.1, 0.15) is 0 Å². The summed E-state index contributed by atoms with van der Waals surface area (Å²) in [5.74, 6) is 1.90. The van der Waals surface area contributed by atoms with E-state index in [1.165, 1.54) is 5.92 Å². The van der Waals surface area contributed by atoms with E-state index in [0.717, 1.165) is 32.2 Å². The molecule has 0 aromatic carbocycles. The minimum atomic E-state index is 0.544. The fourth-order valence-corrected chi connectivity index (χ4v) is 1.41. The first-order valence-electron chi connectivity index (χ1n) is 4.44. The maximum atomic E-state index is 9.26. The van der Waals surface area contributed by atoms with Gasteiger partial charge in [0.2, 0.25) is 0 Å². The summed E-state index contributed by atoms with van der Waals surface area (Å²) >= 11 is 0. The van der Waals surface area contributed by atoms with E-state index in [2.05, 4.69) is 7.05 Å². The van der Waals surface area contributed by atoms with Crippen molar-refractivity contribution in [2.45, 2.75) is 25.7 Å². The van der Waals surface area contributed by atoms with Crippen LogP contribution in [0.5, 0.6) is 0 Å². The fraction of sp³-hybridized carbons (Fsp3) is 0.600. The Morgan fingerprint density at radius 2 is 2.33 bits per heavy atom. The Hall–Kier alpha value is -0.500. The van der Waals surface area contributed by atoms with Gasteiger partial charge in [-0.25, -0.2) is 0 Å². The van der Waals surface area contributed by atoms with E-state index in [1.54, 1.807) is 0 Å². The number of rotatable bonds is 3. The number of hydrogen-bond acceptors (Lipinski definition) is 2. The molecule has 1 N–H and O–H groups in total. The molecule has 0 amide bonds. The zero-order valence-corrected chi connectivity index (χ0v) is 7.71. The third-order valence-electron chi connectivity index (χ3n) is 2.12. The van der Waals surface area contributed by atoms with Crippen molar-refractivity contribution in [2.75, 3.05) is 13.6 Å². The van der Waals surface area contributed by atoms with Crippen LogP contribution in [-0.2, 0) is 0 Å². The van der Waals surface area contributed by atoms with Crippen LogP contribution in [0, 0.1) is 13.0 Å². The van der Waals surface area contributed by atoms with E-state index in [9.17, 15) is 5.11 Å². The third-order valence-corrected chi connectivity index (χ3v) is 2.12. The molecular weight excluding hydrogens is 150 g/mol. The lowest BCUT2D eigenvalue weighted by Crippen LogP contribution is -2.14. The molecule has 1 aliphatic rings. The van der Waals surface area contributed by atoms with Crippen molar-refractivity contribution >= 4 is 0 Å². The molecule has 0 aliphatic heterocycles. The fourth-order valence-electron chi connectivity index (χ4n) is 1.41. The summed E-state index contributed by atoms with van der Waals surface area (Å²) in [6.07, 6.45) is 6.04. The Morgan fingerprint density at radius 3 is 2.92 bits per heavy atom. The van der Waals surface area contributed by atoms with Gasteiger partial charge in [-0.1, -0.05) is 0 Å². The summed E-state index contributed by atoms with van der Waals surface area (Å²) < 4.78 is 0. The minimum absolute atomic E-state index is 0.544. The predicted molar refractivity (Wildman–Crippen MR) is 50.4 cm³/mol. The lowest BCUT2D eigenvalue weighted by molar-refractivity contribution is 0.365. The zero-order chi connectivity index (χ0) is 8.97. The molecule has 12 heavy (non-hydrogen) atoms. The molecule has 0 unspecified atom stereocenters. The normalized spacial score (nSPS) is 19.8. The van der Waals surface area contributed by atoms with E-state index >= 15 is 0 Å². The molecule has 0 saturated carbocycles. The lowest BCUT2D eigenvalue weighted by Gasteiger charge is -2.19. The molecule has 0 heterocycles. The second-order valence-electron chi connectivity index (χ2n) is 3.48. The highest BCUT2D eigenvalue weighted by Crippen LogP contribution is 2.25. The van der Waals surface area contributed by atoms with Gasteiger partial charge in [-0.05, 0) is 38.9 Å². The molecule has 2 heteroatoms. The molecule has 68 valence electrons. The maximum absolute atomic E-state index is 9.26. The first kappa shape index (κ1) is 9.59. The molecule has 0 atom stereocenters. The zero-order valence-electron chi connectivity index (χ0n) is 7.71. The summed E-state index contributed by atoms with van der Waals surface area (Å²) in [5, 5.41) is 9.26. The number of hydrogen-bond donors (Lipinski definition) is 1. The Kier molecular flexibility index (Phi) is 3.60. The molecular formula is C10H17NO. The van der Waals surface area contributed by atoms with Gasteiger partial charge in [0, 0.05) is 19.4 Å². The van der Waals surface area contributed by atoms with Crippen molar-refractivity contribution < 1.29 is 5.11 Å². The van der Waals surface area contributed by atoms with Gasteiger partial charge in [0.05, 0.1) is 5.76 Å². The van der Waals surface area contributed by atoms with Crippen LogP contribution in [0.4, 0.5) is 0 Å². The van der Waals surface area contributed by atoms with Gasteiger partial charge in [-0.15, -0.1) is 0 Å². The van der Waals surface area contributed by atoms with Gasteiger partial charge < -0.3 is 10.0 Å². The van der Waals surface area contributed by atoms with Crippen molar-refractivity contribution in [1.82, 2.24) is 4.90 Å². The summed E-state index contributed by atoms with van der Waals surface area (Å²) in [6.45, 7) is 0.971. The molecule has 0 saturated heterocycles. The van der Waals surface area contributed by atoms with Crippen LogP contribution in [0.1, 0.15) is 25.7 Å². The van der Waals surface area contributed by atoms with E-state index in [-0.39, 0.29) is 0 Å². The van der Waals surface area contributed by atoms with Crippen LogP contribution < -0.4 is 0 Å². The van der Waals surface area contributed by atoms with Crippen LogP contribution in [0.15, 0.2) is 11.8 Å². The number of aliphatic hydroxyl groups is 1. The second-order valence-corrected chi connectivity index (χ2v) is 3.48. The summed E-state index contributed by atoms with van der Waals surface area (Å²) in [4.78, 5) is 1.92. The molecule has 0 bridgehead atoms. The SMILES string of the molecule is [CH2]N(C)CC[C]1C=C(O)CCC1. The third kappa shape index (κ3) is 3.26. The number of nitrogens with zero attached hydrogens (tertiary/aromatic N) is 1. The number of aliphatic hydroxyl groups excluding tert-OH is 1. The van der Waals surface area contributed by atoms with Gasteiger partial charge in [0.15, 0.2) is 0 Å². The maximum Gasteiger partial charge on any atom is 0.0888 e. The van der Waals surface area contributed by atoms with Gasteiger partial charge >= 0.3 is 0 Å². The second kappa shape index (κ2) is 4.51. The summed E-state index contributed by atoms with van der Waals surface area (Å²) in [6, 6.07) is 0. The highest BCUT2D eigenvalue weighted by Gasteiger charge is 2.13. The highest BCUT2D eigenvalue weighted by atomic mass is 16.3. The predicted octanol–water partition coefficient (Wildman–Crippen LogP) is 2.30. The van der Waals surface area contributed by atoms with Gasteiger partial charge in [-0.2, -0.15) is 0 Å². The standard InChI is InChI=1S/C10H17NO/c1-11(2)7-6-9-4-3-5-10(12)8-9/h8,12H,1,3-7H2,2H3. The molecule has 2 radical (unpaired) electrons. The quantitative estimate of drug-likeness (QED) is 0.697. The lowest BCUT2D eigenvalue weighted by atomic mass is 9.92. The molecule has 2 nitrogen and oxygen atoms in total. The molecule has 0 aromatic rings. The van der Waals surface area contributed by atoms with Gasteiger partial charge in [0.25, 0.3) is 0 Å². The number of allylic oxidation sites excluding steroid dienone is 2. The van der Waals surface area contributed by atoms with Crippen LogP contribution in [0.25, 0.3) is 0 Å². The average molecular weight is 167 g/mol. The van der Waals surface area contributed by atoms with E-state index in [0.29, 0.717) is 5.76 Å². The molecule has 0 aromatic heterocycles. The van der Waals surface area contributed by atoms with Crippen molar-refractivity contribution in [1.29, 1.82) is 0 Å². The van der Waals surface area contributed by atoms with E-state index in [4.69, 9.17) is 0 Å². The van der Waals surface area contributed by atoms with Crippen LogP contribution in [0.3, 0.4) is 0 Å². The highest BCUT2D eigenvalue weighted by molar-refractivity contribution is 5.16. The Morgan fingerprint density at radius 1 is 1.58 bits per heavy atom. The average Bonchev–Trinajstić information content (AvgIpc) is 2.01. The molecule has 1 aliphatic carbocycles. The molecule has 0 spiro atoms. The largest absolute Gasteiger partial charge is 0.513 e. The summed E-state index contributed by atoms with van der Waals surface area (Å²) in [7, 11) is 5.74. The minimum Gasteiger partial charge on any atom is -0.513 e. The Balaban J connectivity index is 2.27. The summed E-state index contributed by atoms with van der Waals surface area (Å²) in [5.41, 5.74) is 0. The van der Waals surface area contributed by atoms with Crippen molar-refractivity contribution in [3.05, 3.63) is 24.8 Å². The van der Waals surface area contributed by atoms with Crippen molar-refractivity contribution in [3.8, 4) is 0 Å². The van der Waals surface area contributed by atoms with Crippen LogP contribution >= 0.6 is 0 Å². The molecule has 0 fully saturated rings. The van der Waals surface area contributed by atoms with Crippen molar-refractivity contribution in [3.63, 3.8) is 0 Å². The van der Waals surface area contributed by atoms with E-state index in [1.807, 2.05) is 18.0 Å². The molecule has 1 rings (SSSR count). The van der Waals surface area contributed by atoms with Crippen molar-refractivity contribution in [2.24, 2.45) is 0 Å². The monoisotopic (exact) mass is 167 g/mol. The van der Waals surface area contributed by atoms with Crippen LogP contribution in [-0.4, -0.2) is 23.6 Å².